The number of primary amides is 1. The van der Waals surface area contributed by atoms with Gasteiger partial charge in [-0.05, 0) is 25.7 Å². The number of carboxylic acid groups (broad SMARTS) is 2. The van der Waals surface area contributed by atoms with Crippen LogP contribution in [0.15, 0.2) is 4.99 Å². The van der Waals surface area contributed by atoms with E-state index >= 15 is 0 Å². The Morgan fingerprint density at radius 3 is 1.93 bits per heavy atom. The van der Waals surface area contributed by atoms with Gasteiger partial charge in [-0.3, -0.25) is 24.2 Å². The molecule has 0 aliphatic rings. The summed E-state index contributed by atoms with van der Waals surface area (Å²) in [5.41, 5.74) is 21.0. The molecule has 0 radical (unpaired) electrons. The summed E-state index contributed by atoms with van der Waals surface area (Å²) in [7, 11) is 0. The fourth-order valence-corrected chi connectivity index (χ4v) is 2.28. The highest BCUT2D eigenvalue weighted by atomic mass is 16.4. The van der Waals surface area contributed by atoms with E-state index in [0.717, 1.165) is 0 Å². The highest BCUT2D eigenvalue weighted by molar-refractivity contribution is 5.92. The highest BCUT2D eigenvalue weighted by Crippen LogP contribution is 2.04. The van der Waals surface area contributed by atoms with Gasteiger partial charge in [0.1, 0.15) is 12.1 Å². The van der Waals surface area contributed by atoms with Gasteiger partial charge in [-0.25, -0.2) is 4.79 Å². The molecule has 30 heavy (non-hydrogen) atoms. The topological polar surface area (TPSA) is 266 Å². The third-order valence-corrected chi connectivity index (χ3v) is 3.88. The van der Waals surface area contributed by atoms with Gasteiger partial charge in [-0.15, -0.1) is 0 Å². The second-order valence-corrected chi connectivity index (χ2v) is 6.45. The van der Waals surface area contributed by atoms with E-state index in [2.05, 4.69) is 15.6 Å². The number of nitrogens with zero attached hydrogens (tertiary/aromatic N) is 1. The van der Waals surface area contributed by atoms with Crippen LogP contribution in [-0.4, -0.2) is 70.5 Å². The number of guanidine groups is 1. The van der Waals surface area contributed by atoms with E-state index in [9.17, 15) is 29.1 Å². The summed E-state index contributed by atoms with van der Waals surface area (Å²) in [4.78, 5) is 61.4. The van der Waals surface area contributed by atoms with Crippen molar-refractivity contribution in [3.8, 4) is 0 Å². The van der Waals surface area contributed by atoms with Crippen molar-refractivity contribution in [2.45, 2.75) is 56.7 Å². The molecule has 3 unspecified atom stereocenters. The van der Waals surface area contributed by atoms with Gasteiger partial charge >= 0.3 is 11.9 Å². The minimum Gasteiger partial charge on any atom is -0.481 e. The number of carbonyl (C=O) groups is 5. The van der Waals surface area contributed by atoms with Gasteiger partial charge < -0.3 is 43.8 Å². The van der Waals surface area contributed by atoms with Crippen LogP contribution >= 0.6 is 0 Å². The van der Waals surface area contributed by atoms with Crippen molar-refractivity contribution in [3.63, 3.8) is 0 Å². The fraction of sp³-hybridized carbons (Fsp3) is 0.625. The number of aliphatic imine (C=N–C) groups is 1. The molecular formula is C16H29N7O7. The summed E-state index contributed by atoms with van der Waals surface area (Å²) in [5, 5.41) is 22.5. The minimum absolute atomic E-state index is 0.00641. The number of hydrogen-bond acceptors (Lipinski definition) is 7. The van der Waals surface area contributed by atoms with E-state index in [1.54, 1.807) is 0 Å². The standard InChI is InChI=1S/C16H29N7O7/c17-8(3-6-12(25)26)13(27)22-9(4-5-11(18)24)14(28)23-10(15(29)30)2-1-7-21-16(19)20/h8-10H,1-7,17H2,(H2,18,24)(H,22,27)(H,23,28)(H,25,26)(H,29,30)(H4,19,20,21). The van der Waals surface area contributed by atoms with Gasteiger partial charge in [0.15, 0.2) is 5.96 Å². The molecule has 0 aliphatic carbocycles. The second kappa shape index (κ2) is 13.7. The first-order valence-electron chi connectivity index (χ1n) is 9.08. The van der Waals surface area contributed by atoms with Gasteiger partial charge in [0.25, 0.3) is 0 Å². The first-order valence-corrected chi connectivity index (χ1v) is 9.08. The van der Waals surface area contributed by atoms with Crippen LogP contribution in [0.4, 0.5) is 0 Å². The summed E-state index contributed by atoms with van der Waals surface area (Å²) < 4.78 is 0. The number of rotatable bonds is 15. The van der Waals surface area contributed by atoms with E-state index in [1.165, 1.54) is 0 Å². The summed E-state index contributed by atoms with van der Waals surface area (Å²) >= 11 is 0. The van der Waals surface area contributed by atoms with E-state index in [0.29, 0.717) is 0 Å². The van der Waals surface area contributed by atoms with Crippen LogP contribution in [0.2, 0.25) is 0 Å². The molecule has 170 valence electrons. The smallest absolute Gasteiger partial charge is 0.326 e. The Kier molecular flexibility index (Phi) is 12.1. The molecule has 0 spiro atoms. The molecule has 0 aromatic rings. The molecule has 3 amide bonds. The summed E-state index contributed by atoms with van der Waals surface area (Å²) in [5.74, 6) is -5.02. The van der Waals surface area contributed by atoms with Crippen LogP contribution in [0.3, 0.4) is 0 Å². The zero-order chi connectivity index (χ0) is 23.3. The maximum atomic E-state index is 12.5. The highest BCUT2D eigenvalue weighted by Gasteiger charge is 2.28. The van der Waals surface area contributed by atoms with Crippen LogP contribution in [0.5, 0.6) is 0 Å². The predicted octanol–water partition coefficient (Wildman–Crippen LogP) is -3.45. The number of carboxylic acids is 2. The summed E-state index contributed by atoms with van der Waals surface area (Å²) in [6, 6.07) is -3.79. The number of amides is 3. The van der Waals surface area contributed by atoms with E-state index < -0.39 is 47.8 Å². The Morgan fingerprint density at radius 2 is 1.43 bits per heavy atom. The Balaban J connectivity index is 5.05. The molecular weight excluding hydrogens is 402 g/mol. The van der Waals surface area contributed by atoms with Crippen molar-refractivity contribution >= 4 is 35.6 Å². The predicted molar refractivity (Wildman–Crippen MR) is 105 cm³/mol. The average molecular weight is 431 g/mol. The van der Waals surface area contributed by atoms with Crippen molar-refractivity contribution in [2.75, 3.05) is 6.54 Å². The lowest BCUT2D eigenvalue weighted by Gasteiger charge is -2.22. The molecule has 0 saturated carbocycles. The Hall–Kier alpha value is -3.42. The van der Waals surface area contributed by atoms with Gasteiger partial charge in [0.05, 0.1) is 6.04 Å². The summed E-state index contributed by atoms with van der Waals surface area (Å²) in [6.45, 7) is 0.155. The number of nitrogens with two attached hydrogens (primary N) is 4. The van der Waals surface area contributed by atoms with Crippen LogP contribution in [0, 0.1) is 0 Å². The Labute approximate surface area is 172 Å². The van der Waals surface area contributed by atoms with Crippen LogP contribution in [0.25, 0.3) is 0 Å². The normalized spacial score (nSPS) is 13.4. The zero-order valence-electron chi connectivity index (χ0n) is 16.4. The molecule has 0 aromatic carbocycles. The monoisotopic (exact) mass is 431 g/mol. The molecule has 0 saturated heterocycles. The molecule has 0 fully saturated rings. The fourth-order valence-electron chi connectivity index (χ4n) is 2.28. The third kappa shape index (κ3) is 12.1. The molecule has 3 atom stereocenters. The molecule has 14 heteroatoms. The minimum atomic E-state index is -1.31. The third-order valence-electron chi connectivity index (χ3n) is 3.88. The number of nitrogens with one attached hydrogen (secondary N) is 2. The van der Waals surface area contributed by atoms with Crippen molar-refractivity contribution in [1.29, 1.82) is 0 Å². The van der Waals surface area contributed by atoms with Gasteiger partial charge in [0.2, 0.25) is 17.7 Å². The summed E-state index contributed by atoms with van der Waals surface area (Å²) in [6.07, 6.45) is -0.721. The Bertz CT molecular complexity index is 664. The lowest BCUT2D eigenvalue weighted by atomic mass is 10.1. The van der Waals surface area contributed by atoms with Crippen molar-refractivity contribution in [2.24, 2.45) is 27.9 Å². The van der Waals surface area contributed by atoms with Crippen LogP contribution in [-0.2, 0) is 24.0 Å². The van der Waals surface area contributed by atoms with Crippen LogP contribution < -0.4 is 33.6 Å². The molecule has 0 aliphatic heterocycles. The lowest BCUT2D eigenvalue weighted by molar-refractivity contribution is -0.142. The Morgan fingerprint density at radius 1 is 0.833 bits per heavy atom. The van der Waals surface area contributed by atoms with Crippen LogP contribution in [0.1, 0.15) is 38.5 Å². The molecule has 14 nitrogen and oxygen atoms in total. The molecule has 12 N–H and O–H groups in total. The van der Waals surface area contributed by atoms with Crippen molar-refractivity contribution in [1.82, 2.24) is 10.6 Å². The molecule has 0 heterocycles. The van der Waals surface area contributed by atoms with Gasteiger partial charge in [0, 0.05) is 19.4 Å². The molecule has 0 aromatic heterocycles. The maximum absolute atomic E-state index is 12.5. The quantitative estimate of drug-likeness (QED) is 0.0721. The zero-order valence-corrected chi connectivity index (χ0v) is 16.4. The van der Waals surface area contributed by atoms with Gasteiger partial charge in [-0.2, -0.15) is 0 Å². The maximum Gasteiger partial charge on any atom is 0.326 e. The van der Waals surface area contributed by atoms with Crippen molar-refractivity contribution in [3.05, 3.63) is 0 Å². The molecule has 0 rings (SSSR count). The number of aliphatic carboxylic acids is 2. The van der Waals surface area contributed by atoms with Crippen molar-refractivity contribution < 1.29 is 34.2 Å². The first-order chi connectivity index (χ1) is 13.9. The van der Waals surface area contributed by atoms with E-state index in [4.69, 9.17) is 28.0 Å². The first kappa shape index (κ1) is 26.6. The number of hydrogen-bond donors (Lipinski definition) is 8. The second-order valence-electron chi connectivity index (χ2n) is 6.45. The molecule has 0 bridgehead atoms. The lowest BCUT2D eigenvalue weighted by Crippen LogP contribution is -2.54. The largest absolute Gasteiger partial charge is 0.481 e. The average Bonchev–Trinajstić information content (AvgIpc) is 2.64. The number of carbonyl (C=O) groups excluding carboxylic acids is 3. The van der Waals surface area contributed by atoms with E-state index in [-0.39, 0.29) is 51.0 Å². The SMILES string of the molecule is NC(=O)CCC(NC(=O)C(N)CCC(=O)O)C(=O)NC(CCCN=C(N)N)C(=O)O. The van der Waals surface area contributed by atoms with Gasteiger partial charge in [-0.1, -0.05) is 0 Å². The van der Waals surface area contributed by atoms with E-state index in [1.807, 2.05) is 0 Å².